The molecule has 1 amide bonds. The SMILES string of the molecule is CC(C)CC(CNC(=O)c1ccc(S(=O)(=O)N2CCOCC2)cc1)N1CCOCC1. The summed E-state index contributed by atoms with van der Waals surface area (Å²) >= 11 is 0. The van der Waals surface area contributed by atoms with Gasteiger partial charge in [-0.25, -0.2) is 8.42 Å². The first-order chi connectivity index (χ1) is 14.4. The molecule has 30 heavy (non-hydrogen) atoms. The Hall–Kier alpha value is -1.52. The fourth-order valence-corrected chi connectivity index (χ4v) is 5.28. The predicted molar refractivity (Wildman–Crippen MR) is 114 cm³/mol. The Balaban J connectivity index is 1.60. The van der Waals surface area contributed by atoms with Gasteiger partial charge >= 0.3 is 0 Å². The summed E-state index contributed by atoms with van der Waals surface area (Å²) in [5, 5.41) is 3.03. The molecule has 168 valence electrons. The van der Waals surface area contributed by atoms with Gasteiger partial charge in [0, 0.05) is 44.3 Å². The van der Waals surface area contributed by atoms with Crippen molar-refractivity contribution < 1.29 is 22.7 Å². The zero-order chi connectivity index (χ0) is 21.6. The number of carbonyl (C=O) groups is 1. The highest BCUT2D eigenvalue weighted by molar-refractivity contribution is 7.89. The van der Waals surface area contributed by atoms with Gasteiger partial charge in [0.15, 0.2) is 0 Å². The van der Waals surface area contributed by atoms with Crippen molar-refractivity contribution in [2.45, 2.75) is 31.2 Å². The quantitative estimate of drug-likeness (QED) is 0.655. The maximum Gasteiger partial charge on any atom is 0.251 e. The minimum absolute atomic E-state index is 0.188. The Kier molecular flexibility index (Phi) is 8.24. The van der Waals surface area contributed by atoms with Crippen LogP contribution in [-0.2, 0) is 19.5 Å². The van der Waals surface area contributed by atoms with Crippen LogP contribution >= 0.6 is 0 Å². The van der Waals surface area contributed by atoms with Crippen LogP contribution in [-0.4, -0.2) is 88.7 Å². The molecule has 2 aliphatic rings. The van der Waals surface area contributed by atoms with Crippen molar-refractivity contribution in [3.8, 4) is 0 Å². The van der Waals surface area contributed by atoms with E-state index in [9.17, 15) is 13.2 Å². The molecule has 1 atom stereocenters. The summed E-state index contributed by atoms with van der Waals surface area (Å²) in [5.41, 5.74) is 0.459. The summed E-state index contributed by atoms with van der Waals surface area (Å²) in [6, 6.07) is 6.43. The van der Waals surface area contributed by atoms with E-state index in [-0.39, 0.29) is 16.8 Å². The number of sulfonamides is 1. The van der Waals surface area contributed by atoms with E-state index in [1.165, 1.54) is 16.4 Å². The largest absolute Gasteiger partial charge is 0.379 e. The minimum atomic E-state index is -3.56. The summed E-state index contributed by atoms with van der Waals surface area (Å²) < 4.78 is 37.5. The third-order valence-electron chi connectivity index (χ3n) is 5.53. The average Bonchev–Trinajstić information content (AvgIpc) is 2.77. The smallest absolute Gasteiger partial charge is 0.251 e. The summed E-state index contributed by atoms with van der Waals surface area (Å²) in [7, 11) is -3.56. The Morgan fingerprint density at radius 3 is 2.13 bits per heavy atom. The number of carbonyl (C=O) groups excluding carboxylic acids is 1. The third-order valence-corrected chi connectivity index (χ3v) is 7.44. The lowest BCUT2D eigenvalue weighted by atomic mass is 10.0. The average molecular weight is 440 g/mol. The molecule has 1 N–H and O–H groups in total. The molecule has 3 rings (SSSR count). The van der Waals surface area contributed by atoms with Crippen molar-refractivity contribution in [2.75, 3.05) is 59.2 Å². The second-order valence-corrected chi connectivity index (χ2v) is 10.1. The van der Waals surface area contributed by atoms with E-state index in [4.69, 9.17) is 9.47 Å². The molecule has 2 heterocycles. The monoisotopic (exact) mass is 439 g/mol. The number of hydrogen-bond donors (Lipinski definition) is 1. The van der Waals surface area contributed by atoms with E-state index in [0.29, 0.717) is 44.3 Å². The zero-order valence-corrected chi connectivity index (χ0v) is 18.7. The molecule has 2 fully saturated rings. The Morgan fingerprint density at radius 1 is 1.00 bits per heavy atom. The molecule has 9 heteroatoms. The highest BCUT2D eigenvalue weighted by atomic mass is 32.2. The number of hydrogen-bond acceptors (Lipinski definition) is 6. The number of morpholine rings is 2. The fraction of sp³-hybridized carbons (Fsp3) is 0.667. The van der Waals surface area contributed by atoms with Crippen LogP contribution in [0.25, 0.3) is 0 Å². The van der Waals surface area contributed by atoms with Gasteiger partial charge in [-0.05, 0) is 36.6 Å². The van der Waals surface area contributed by atoms with Crippen LogP contribution in [0.15, 0.2) is 29.2 Å². The summed E-state index contributed by atoms with van der Waals surface area (Å²) in [5.74, 6) is 0.340. The molecule has 1 aromatic rings. The number of benzene rings is 1. The molecule has 8 nitrogen and oxygen atoms in total. The molecule has 2 aliphatic heterocycles. The van der Waals surface area contributed by atoms with Crippen LogP contribution in [0.3, 0.4) is 0 Å². The van der Waals surface area contributed by atoms with E-state index in [2.05, 4.69) is 24.1 Å². The molecule has 0 radical (unpaired) electrons. The first-order valence-electron chi connectivity index (χ1n) is 10.7. The molecule has 0 aromatic heterocycles. The maximum atomic E-state index is 12.7. The number of ether oxygens (including phenoxy) is 2. The van der Waals surface area contributed by atoms with E-state index >= 15 is 0 Å². The van der Waals surface area contributed by atoms with Crippen molar-refractivity contribution in [3.63, 3.8) is 0 Å². The van der Waals surface area contributed by atoms with Crippen LogP contribution in [0.4, 0.5) is 0 Å². The second-order valence-electron chi connectivity index (χ2n) is 8.18. The lowest BCUT2D eigenvalue weighted by Crippen LogP contribution is -2.49. The molecule has 0 aliphatic carbocycles. The van der Waals surface area contributed by atoms with E-state index in [0.717, 1.165) is 32.7 Å². The van der Waals surface area contributed by atoms with Crippen LogP contribution in [0.5, 0.6) is 0 Å². The number of amides is 1. The van der Waals surface area contributed by atoms with Crippen molar-refractivity contribution in [3.05, 3.63) is 29.8 Å². The van der Waals surface area contributed by atoms with Crippen molar-refractivity contribution in [1.82, 2.24) is 14.5 Å². The molecule has 0 saturated carbocycles. The second kappa shape index (κ2) is 10.7. The molecule has 0 spiro atoms. The fourth-order valence-electron chi connectivity index (χ4n) is 3.88. The minimum Gasteiger partial charge on any atom is -0.379 e. The summed E-state index contributed by atoms with van der Waals surface area (Å²) in [6.45, 7) is 9.64. The van der Waals surface area contributed by atoms with Gasteiger partial charge in [0.2, 0.25) is 10.0 Å². The van der Waals surface area contributed by atoms with Crippen LogP contribution in [0.2, 0.25) is 0 Å². The standard InChI is InChI=1S/C21H33N3O5S/c1-17(2)15-19(23-7-11-28-12-8-23)16-22-21(25)18-3-5-20(6-4-18)30(26,27)24-9-13-29-14-10-24/h3-6,17,19H,7-16H2,1-2H3,(H,22,25). The van der Waals surface area contributed by atoms with Crippen LogP contribution in [0, 0.1) is 5.92 Å². The van der Waals surface area contributed by atoms with Crippen LogP contribution < -0.4 is 5.32 Å². The van der Waals surface area contributed by atoms with E-state index in [1.54, 1.807) is 12.1 Å². The van der Waals surface area contributed by atoms with Gasteiger partial charge in [-0.1, -0.05) is 13.8 Å². The third kappa shape index (κ3) is 6.01. The molecule has 0 bridgehead atoms. The lowest BCUT2D eigenvalue weighted by molar-refractivity contribution is 0.0124. The van der Waals surface area contributed by atoms with Gasteiger partial charge in [-0.15, -0.1) is 0 Å². The topological polar surface area (TPSA) is 88.2 Å². The van der Waals surface area contributed by atoms with Crippen molar-refractivity contribution >= 4 is 15.9 Å². The summed E-state index contributed by atoms with van der Waals surface area (Å²) in [4.78, 5) is 15.2. The number of rotatable bonds is 8. The van der Waals surface area contributed by atoms with E-state index < -0.39 is 10.0 Å². The lowest BCUT2D eigenvalue weighted by Gasteiger charge is -2.35. The molecular formula is C21H33N3O5S. The van der Waals surface area contributed by atoms with Gasteiger partial charge in [-0.3, -0.25) is 9.69 Å². The first-order valence-corrected chi connectivity index (χ1v) is 12.1. The Labute approximate surface area is 179 Å². The number of nitrogens with zero attached hydrogens (tertiary/aromatic N) is 2. The maximum absolute atomic E-state index is 12.7. The van der Waals surface area contributed by atoms with Gasteiger partial charge in [0.05, 0.1) is 31.3 Å². The molecule has 1 aromatic carbocycles. The van der Waals surface area contributed by atoms with Gasteiger partial charge in [0.1, 0.15) is 0 Å². The number of nitrogens with one attached hydrogen (secondary N) is 1. The van der Waals surface area contributed by atoms with E-state index in [1.807, 2.05) is 0 Å². The van der Waals surface area contributed by atoms with Gasteiger partial charge in [0.25, 0.3) is 5.91 Å². The van der Waals surface area contributed by atoms with Gasteiger partial charge in [-0.2, -0.15) is 4.31 Å². The van der Waals surface area contributed by atoms with Crippen molar-refractivity contribution in [1.29, 1.82) is 0 Å². The van der Waals surface area contributed by atoms with Crippen LogP contribution in [0.1, 0.15) is 30.6 Å². The Morgan fingerprint density at radius 2 is 1.57 bits per heavy atom. The summed E-state index contributed by atoms with van der Waals surface area (Å²) in [6.07, 6.45) is 0.997. The van der Waals surface area contributed by atoms with Gasteiger partial charge < -0.3 is 14.8 Å². The first kappa shape index (κ1) is 23.1. The molecular weight excluding hydrogens is 406 g/mol. The highest BCUT2D eigenvalue weighted by Crippen LogP contribution is 2.18. The zero-order valence-electron chi connectivity index (χ0n) is 17.9. The molecule has 1 unspecified atom stereocenters. The Bertz CT molecular complexity index is 785. The molecule has 2 saturated heterocycles. The highest BCUT2D eigenvalue weighted by Gasteiger charge is 2.27. The normalized spacial score (nSPS) is 20.2. The van der Waals surface area contributed by atoms with Crippen molar-refractivity contribution in [2.24, 2.45) is 5.92 Å². The predicted octanol–water partition coefficient (Wildman–Crippen LogP) is 1.18.